The first-order chi connectivity index (χ1) is 7.65. The zero-order chi connectivity index (χ0) is 12.0. The molecule has 86 valence electrons. The average Bonchev–Trinajstić information content (AvgIpc) is 2.30. The number of carbonyl (C=O) groups is 2. The maximum Gasteiger partial charge on any atom is 0.226 e. The second-order valence-corrected chi connectivity index (χ2v) is 3.52. The van der Waals surface area contributed by atoms with Crippen LogP contribution >= 0.6 is 0 Å². The van der Waals surface area contributed by atoms with E-state index in [-0.39, 0.29) is 12.5 Å². The molecular weight excluding hydrogens is 204 g/mol. The van der Waals surface area contributed by atoms with E-state index in [1.807, 2.05) is 30.3 Å². The third kappa shape index (κ3) is 3.38. The maximum absolute atomic E-state index is 11.3. The van der Waals surface area contributed by atoms with Crippen LogP contribution in [0.1, 0.15) is 24.8 Å². The van der Waals surface area contributed by atoms with Gasteiger partial charge < -0.3 is 11.1 Å². The monoisotopic (exact) mass is 220 g/mol. The summed E-state index contributed by atoms with van der Waals surface area (Å²) in [5.41, 5.74) is 6.13. The summed E-state index contributed by atoms with van der Waals surface area (Å²) < 4.78 is 0. The molecule has 4 heteroatoms. The lowest BCUT2D eigenvalue weighted by molar-refractivity contribution is -0.121. The molecular formula is C12H16N2O2. The summed E-state index contributed by atoms with van der Waals surface area (Å²) in [6.07, 6.45) is 0.403. The molecule has 0 aliphatic heterocycles. The molecule has 0 bridgehead atoms. The second kappa shape index (κ2) is 5.90. The Balaban J connectivity index is 2.69. The first-order valence-electron chi connectivity index (χ1n) is 5.26. The van der Waals surface area contributed by atoms with E-state index in [2.05, 4.69) is 5.32 Å². The standard InChI is InChI=1S/C12H16N2O2/c1-2-11(15)14-8-10(12(13)16)9-6-4-3-5-7-9/h3-7,10H,2,8H2,1H3,(H2,13,16)(H,14,15)/t10-/m0/s1. The maximum atomic E-state index is 11.3. The molecule has 2 amide bonds. The average molecular weight is 220 g/mol. The number of primary amides is 1. The number of nitrogens with one attached hydrogen (secondary N) is 1. The van der Waals surface area contributed by atoms with Gasteiger partial charge in [-0.05, 0) is 5.56 Å². The van der Waals surface area contributed by atoms with Crippen molar-refractivity contribution in [1.82, 2.24) is 5.32 Å². The van der Waals surface area contributed by atoms with Crippen molar-refractivity contribution >= 4 is 11.8 Å². The highest BCUT2D eigenvalue weighted by atomic mass is 16.2. The Labute approximate surface area is 94.8 Å². The minimum Gasteiger partial charge on any atom is -0.369 e. The lowest BCUT2D eigenvalue weighted by atomic mass is 9.98. The number of hydrogen-bond acceptors (Lipinski definition) is 2. The van der Waals surface area contributed by atoms with Gasteiger partial charge in [-0.2, -0.15) is 0 Å². The van der Waals surface area contributed by atoms with Crippen LogP contribution < -0.4 is 11.1 Å². The van der Waals surface area contributed by atoms with Crippen LogP contribution in [0.15, 0.2) is 30.3 Å². The first kappa shape index (κ1) is 12.2. The normalized spacial score (nSPS) is 11.8. The zero-order valence-corrected chi connectivity index (χ0v) is 9.27. The highest BCUT2D eigenvalue weighted by Gasteiger charge is 2.17. The summed E-state index contributed by atoms with van der Waals surface area (Å²) in [5, 5.41) is 2.67. The van der Waals surface area contributed by atoms with Crippen molar-refractivity contribution in [3.63, 3.8) is 0 Å². The summed E-state index contributed by atoms with van der Waals surface area (Å²) in [4.78, 5) is 22.4. The molecule has 0 aromatic heterocycles. The Morgan fingerprint density at radius 3 is 2.44 bits per heavy atom. The van der Waals surface area contributed by atoms with Crippen LogP contribution in [0.25, 0.3) is 0 Å². The fourth-order valence-corrected chi connectivity index (χ4v) is 1.41. The fraction of sp³-hybridized carbons (Fsp3) is 0.333. The van der Waals surface area contributed by atoms with Gasteiger partial charge in [0, 0.05) is 13.0 Å². The SMILES string of the molecule is CCC(=O)NC[C@H](C(N)=O)c1ccccc1. The number of nitrogens with two attached hydrogens (primary N) is 1. The summed E-state index contributed by atoms with van der Waals surface area (Å²) in [6, 6.07) is 9.20. The fourth-order valence-electron chi connectivity index (χ4n) is 1.41. The molecule has 0 fully saturated rings. The highest BCUT2D eigenvalue weighted by molar-refractivity contribution is 5.83. The van der Waals surface area contributed by atoms with Crippen LogP contribution in [0.4, 0.5) is 0 Å². The van der Waals surface area contributed by atoms with E-state index in [1.54, 1.807) is 6.92 Å². The summed E-state index contributed by atoms with van der Waals surface area (Å²) >= 11 is 0. The van der Waals surface area contributed by atoms with E-state index in [9.17, 15) is 9.59 Å². The molecule has 0 saturated heterocycles. The summed E-state index contributed by atoms with van der Waals surface area (Å²) in [5.74, 6) is -0.971. The largest absolute Gasteiger partial charge is 0.369 e. The van der Waals surface area contributed by atoms with E-state index < -0.39 is 11.8 Å². The van der Waals surface area contributed by atoms with E-state index in [0.29, 0.717) is 6.42 Å². The van der Waals surface area contributed by atoms with Gasteiger partial charge in [-0.25, -0.2) is 0 Å². The van der Waals surface area contributed by atoms with Crippen molar-refractivity contribution in [3.8, 4) is 0 Å². The minimum absolute atomic E-state index is 0.0813. The molecule has 1 aromatic rings. The minimum atomic E-state index is -0.461. The molecule has 1 atom stereocenters. The molecule has 0 heterocycles. The van der Waals surface area contributed by atoms with E-state index >= 15 is 0 Å². The van der Waals surface area contributed by atoms with Gasteiger partial charge in [0.25, 0.3) is 0 Å². The van der Waals surface area contributed by atoms with Crippen molar-refractivity contribution in [1.29, 1.82) is 0 Å². The van der Waals surface area contributed by atoms with Crippen molar-refractivity contribution in [3.05, 3.63) is 35.9 Å². The molecule has 3 N–H and O–H groups in total. The number of benzene rings is 1. The Bertz CT molecular complexity index is 363. The third-order valence-electron chi connectivity index (χ3n) is 2.37. The van der Waals surface area contributed by atoms with Gasteiger partial charge in [-0.3, -0.25) is 9.59 Å². The molecule has 4 nitrogen and oxygen atoms in total. The Morgan fingerprint density at radius 2 is 1.94 bits per heavy atom. The van der Waals surface area contributed by atoms with Crippen LogP contribution in [0.5, 0.6) is 0 Å². The number of hydrogen-bond donors (Lipinski definition) is 2. The highest BCUT2D eigenvalue weighted by Crippen LogP contribution is 2.13. The molecule has 1 rings (SSSR count). The van der Waals surface area contributed by atoms with Gasteiger partial charge in [0.1, 0.15) is 0 Å². The molecule has 0 spiro atoms. The van der Waals surface area contributed by atoms with Crippen LogP contribution in [0.3, 0.4) is 0 Å². The van der Waals surface area contributed by atoms with Gasteiger partial charge in [0.05, 0.1) is 5.92 Å². The number of carbonyl (C=O) groups excluding carboxylic acids is 2. The molecule has 0 aliphatic carbocycles. The molecule has 0 aliphatic rings. The lowest BCUT2D eigenvalue weighted by Gasteiger charge is -2.14. The smallest absolute Gasteiger partial charge is 0.226 e. The molecule has 16 heavy (non-hydrogen) atoms. The Hall–Kier alpha value is -1.84. The Kier molecular flexibility index (Phi) is 4.51. The van der Waals surface area contributed by atoms with Crippen LogP contribution in [-0.4, -0.2) is 18.4 Å². The van der Waals surface area contributed by atoms with Crippen molar-refractivity contribution in [2.24, 2.45) is 5.73 Å². The van der Waals surface area contributed by atoms with Gasteiger partial charge in [-0.1, -0.05) is 37.3 Å². The van der Waals surface area contributed by atoms with Crippen molar-refractivity contribution in [2.75, 3.05) is 6.54 Å². The first-order valence-corrected chi connectivity index (χ1v) is 5.26. The molecule has 0 saturated carbocycles. The van der Waals surface area contributed by atoms with Crippen molar-refractivity contribution in [2.45, 2.75) is 19.3 Å². The lowest BCUT2D eigenvalue weighted by Crippen LogP contribution is -2.34. The van der Waals surface area contributed by atoms with Gasteiger partial charge in [-0.15, -0.1) is 0 Å². The van der Waals surface area contributed by atoms with Gasteiger partial charge in [0.2, 0.25) is 11.8 Å². The molecule has 0 unspecified atom stereocenters. The predicted octanol–water partition coefficient (Wildman–Crippen LogP) is 0.782. The summed E-state index contributed by atoms with van der Waals surface area (Å²) in [6.45, 7) is 2.02. The number of rotatable bonds is 5. The van der Waals surface area contributed by atoms with Crippen molar-refractivity contribution < 1.29 is 9.59 Å². The molecule has 1 aromatic carbocycles. The topological polar surface area (TPSA) is 72.2 Å². The summed E-state index contributed by atoms with van der Waals surface area (Å²) in [7, 11) is 0. The van der Waals surface area contributed by atoms with Crippen LogP contribution in [0, 0.1) is 0 Å². The number of amides is 2. The second-order valence-electron chi connectivity index (χ2n) is 3.52. The molecule has 0 radical (unpaired) electrons. The van der Waals surface area contributed by atoms with Gasteiger partial charge >= 0.3 is 0 Å². The Morgan fingerprint density at radius 1 is 1.31 bits per heavy atom. The van der Waals surface area contributed by atoms with Crippen LogP contribution in [-0.2, 0) is 9.59 Å². The quantitative estimate of drug-likeness (QED) is 0.769. The van der Waals surface area contributed by atoms with Crippen LogP contribution in [0.2, 0.25) is 0 Å². The predicted molar refractivity (Wildman–Crippen MR) is 61.7 cm³/mol. The van der Waals surface area contributed by atoms with E-state index in [4.69, 9.17) is 5.73 Å². The van der Waals surface area contributed by atoms with E-state index in [1.165, 1.54) is 0 Å². The third-order valence-corrected chi connectivity index (χ3v) is 2.37. The van der Waals surface area contributed by atoms with Gasteiger partial charge in [0.15, 0.2) is 0 Å². The zero-order valence-electron chi connectivity index (χ0n) is 9.27. The van der Waals surface area contributed by atoms with E-state index in [0.717, 1.165) is 5.56 Å².